The lowest BCUT2D eigenvalue weighted by atomic mass is 9.96. The predicted molar refractivity (Wildman–Crippen MR) is 145 cm³/mol. The van der Waals surface area contributed by atoms with Gasteiger partial charge in [0.2, 0.25) is 0 Å². The average Bonchev–Trinajstić information content (AvgIpc) is 3.10. The number of halogens is 3. The van der Waals surface area contributed by atoms with Crippen LogP contribution < -0.4 is 19.6 Å². The maximum Gasteiger partial charge on any atom is 0.338 e. The molecule has 182 valence electrons. The number of carbonyl (C=O) groups excluding carboxylic acids is 1. The molecule has 4 rings (SSSR count). The number of carbonyl (C=O) groups is 1. The first-order chi connectivity index (χ1) is 16.7. The van der Waals surface area contributed by atoms with E-state index in [2.05, 4.69) is 43.5 Å². The number of fused-ring (bicyclic) bond motifs is 1. The van der Waals surface area contributed by atoms with E-state index >= 15 is 0 Å². The van der Waals surface area contributed by atoms with Crippen LogP contribution in [0.25, 0.3) is 6.08 Å². The van der Waals surface area contributed by atoms with Gasteiger partial charge in [-0.2, -0.15) is 0 Å². The average molecular weight is 671 g/mol. The summed E-state index contributed by atoms with van der Waals surface area (Å²) in [6.45, 7) is 5.98. The third-order valence-electron chi connectivity index (χ3n) is 5.32. The highest BCUT2D eigenvalue weighted by atomic mass is 127. The molecule has 3 aromatic rings. The van der Waals surface area contributed by atoms with Crippen molar-refractivity contribution >= 4 is 61.9 Å². The molecule has 10 heteroatoms. The van der Waals surface area contributed by atoms with Crippen LogP contribution in [0, 0.1) is 9.39 Å². The number of ether oxygens (including phenoxy) is 2. The molecule has 0 spiro atoms. The van der Waals surface area contributed by atoms with Gasteiger partial charge in [0.05, 0.1) is 38.6 Å². The van der Waals surface area contributed by atoms with Crippen molar-refractivity contribution in [1.29, 1.82) is 0 Å². The largest absolute Gasteiger partial charge is 0.492 e. The topological polar surface area (TPSA) is 69.9 Å². The fourth-order valence-electron chi connectivity index (χ4n) is 3.88. The number of benzene rings is 2. The van der Waals surface area contributed by atoms with Gasteiger partial charge in [-0.3, -0.25) is 9.36 Å². The highest BCUT2D eigenvalue weighted by Gasteiger charge is 2.33. The van der Waals surface area contributed by atoms with E-state index in [1.54, 1.807) is 32.1 Å². The van der Waals surface area contributed by atoms with E-state index in [-0.39, 0.29) is 17.7 Å². The molecule has 1 aliphatic rings. The van der Waals surface area contributed by atoms with Gasteiger partial charge >= 0.3 is 5.97 Å². The van der Waals surface area contributed by atoms with Crippen molar-refractivity contribution in [1.82, 2.24) is 4.57 Å². The van der Waals surface area contributed by atoms with E-state index in [0.717, 1.165) is 13.6 Å². The van der Waals surface area contributed by atoms with Crippen LogP contribution in [0.1, 0.15) is 37.9 Å². The Morgan fingerprint density at radius 1 is 1.26 bits per heavy atom. The first kappa shape index (κ1) is 25.8. The van der Waals surface area contributed by atoms with Crippen LogP contribution in [-0.2, 0) is 9.53 Å². The Bertz CT molecular complexity index is 1510. The molecule has 2 aromatic carbocycles. The molecule has 35 heavy (non-hydrogen) atoms. The number of hydrogen-bond acceptors (Lipinski definition) is 6. The van der Waals surface area contributed by atoms with E-state index < -0.39 is 17.8 Å². The van der Waals surface area contributed by atoms with Crippen LogP contribution in [0.2, 0.25) is 0 Å². The Kier molecular flexibility index (Phi) is 7.92. The van der Waals surface area contributed by atoms with E-state index in [4.69, 9.17) is 9.47 Å². The Labute approximate surface area is 227 Å². The quantitative estimate of drug-likeness (QED) is 0.282. The van der Waals surface area contributed by atoms with Crippen LogP contribution >= 0.6 is 49.9 Å². The van der Waals surface area contributed by atoms with E-state index in [9.17, 15) is 14.0 Å². The number of aromatic nitrogens is 1. The normalized spacial score (nSPS) is 15.6. The first-order valence-corrected chi connectivity index (χ1v) is 13.5. The molecule has 0 radical (unpaired) electrons. The number of esters is 1. The molecule has 2 heterocycles. The minimum Gasteiger partial charge on any atom is -0.492 e. The van der Waals surface area contributed by atoms with Crippen LogP contribution in [0.15, 0.2) is 61.9 Å². The molecule has 0 N–H and O–H groups in total. The van der Waals surface area contributed by atoms with Crippen molar-refractivity contribution in [2.45, 2.75) is 26.8 Å². The molecular formula is C25H21BrFIN2O4S. The fraction of sp³-hybridized carbons (Fsp3) is 0.240. The standard InChI is InChI=1S/C25H21BrFIN2O4S/c1-4-33-22-15(10-16(26)12-18(22)28)11-19-23(31)30-21(14-6-8-17(27)9-7-14)20(24(32)34-5-2)13(3)29-25(30)35-19/h6-12,21H,4-5H2,1-3H3/b19-11-/t21-/m0/s1. The van der Waals surface area contributed by atoms with Gasteiger partial charge < -0.3 is 9.47 Å². The summed E-state index contributed by atoms with van der Waals surface area (Å²) < 4.78 is 28.5. The van der Waals surface area contributed by atoms with E-state index in [1.807, 2.05) is 19.1 Å². The molecule has 6 nitrogen and oxygen atoms in total. The zero-order chi connectivity index (χ0) is 25.3. The number of nitrogens with zero attached hydrogens (tertiary/aromatic N) is 2. The van der Waals surface area contributed by atoms with Crippen LogP contribution in [-0.4, -0.2) is 23.8 Å². The zero-order valence-electron chi connectivity index (χ0n) is 19.1. The van der Waals surface area contributed by atoms with Crippen molar-refractivity contribution in [2.75, 3.05) is 13.2 Å². The molecule has 0 fully saturated rings. The summed E-state index contributed by atoms with van der Waals surface area (Å²) in [5.74, 6) is -0.287. The van der Waals surface area contributed by atoms with Crippen molar-refractivity contribution in [3.8, 4) is 5.75 Å². The Balaban J connectivity index is 1.97. The Hall–Kier alpha value is -2.31. The number of hydrogen-bond donors (Lipinski definition) is 0. The molecule has 0 bridgehead atoms. The number of allylic oxidation sites excluding steroid dienone is 1. The minimum absolute atomic E-state index is 0.178. The molecule has 0 aliphatic carbocycles. The van der Waals surface area contributed by atoms with Gasteiger partial charge in [-0.05, 0) is 79.3 Å². The fourth-order valence-corrected chi connectivity index (χ4v) is 6.62. The molecule has 1 aromatic heterocycles. The van der Waals surface area contributed by atoms with Gasteiger partial charge in [-0.25, -0.2) is 14.2 Å². The summed E-state index contributed by atoms with van der Waals surface area (Å²) in [5, 5.41) is 0. The lowest BCUT2D eigenvalue weighted by Crippen LogP contribution is -2.39. The van der Waals surface area contributed by atoms with Crippen LogP contribution in [0.5, 0.6) is 5.75 Å². The molecule has 0 saturated heterocycles. The summed E-state index contributed by atoms with van der Waals surface area (Å²) in [6, 6.07) is 8.79. The van der Waals surface area contributed by atoms with Gasteiger partial charge in [0.25, 0.3) is 5.56 Å². The van der Waals surface area contributed by atoms with Gasteiger partial charge in [0.15, 0.2) is 4.80 Å². The zero-order valence-corrected chi connectivity index (χ0v) is 23.7. The number of rotatable bonds is 6. The SMILES string of the molecule is CCOC(=O)C1=C(C)N=c2s/c(=C\c3cc(Br)cc(I)c3OCC)c(=O)n2[C@H]1c1ccc(F)cc1. The van der Waals surface area contributed by atoms with Crippen LogP contribution in [0.3, 0.4) is 0 Å². The maximum atomic E-state index is 13.7. The summed E-state index contributed by atoms with van der Waals surface area (Å²) in [6.07, 6.45) is 1.77. The Morgan fingerprint density at radius 3 is 2.63 bits per heavy atom. The first-order valence-electron chi connectivity index (χ1n) is 10.8. The van der Waals surface area contributed by atoms with Gasteiger partial charge in [0, 0.05) is 10.0 Å². The maximum absolute atomic E-state index is 13.7. The molecule has 0 saturated carbocycles. The van der Waals surface area contributed by atoms with Crippen molar-refractivity contribution in [3.63, 3.8) is 0 Å². The smallest absolute Gasteiger partial charge is 0.338 e. The molecule has 1 aliphatic heterocycles. The molecule has 1 atom stereocenters. The minimum atomic E-state index is -0.790. The second-order valence-electron chi connectivity index (χ2n) is 7.59. The van der Waals surface area contributed by atoms with Crippen molar-refractivity contribution in [3.05, 3.63) is 92.3 Å². The van der Waals surface area contributed by atoms with E-state index in [0.29, 0.717) is 33.0 Å². The Morgan fingerprint density at radius 2 is 1.97 bits per heavy atom. The second kappa shape index (κ2) is 10.8. The lowest BCUT2D eigenvalue weighted by Gasteiger charge is -2.24. The van der Waals surface area contributed by atoms with Gasteiger partial charge in [-0.15, -0.1) is 0 Å². The second-order valence-corrected chi connectivity index (χ2v) is 10.7. The monoisotopic (exact) mass is 670 g/mol. The summed E-state index contributed by atoms with van der Waals surface area (Å²) in [7, 11) is 0. The summed E-state index contributed by atoms with van der Waals surface area (Å²) in [4.78, 5) is 31.6. The summed E-state index contributed by atoms with van der Waals surface area (Å²) in [5.41, 5.74) is 1.73. The van der Waals surface area contributed by atoms with Gasteiger partial charge in [-0.1, -0.05) is 39.4 Å². The third-order valence-corrected chi connectivity index (χ3v) is 7.56. The molecular weight excluding hydrogens is 650 g/mol. The van der Waals surface area contributed by atoms with Gasteiger partial charge in [0.1, 0.15) is 11.6 Å². The molecule has 0 amide bonds. The van der Waals surface area contributed by atoms with E-state index in [1.165, 1.54) is 28.0 Å². The highest BCUT2D eigenvalue weighted by Crippen LogP contribution is 2.32. The summed E-state index contributed by atoms with van der Waals surface area (Å²) >= 11 is 6.93. The predicted octanol–water partition coefficient (Wildman–Crippen LogP) is 4.70. The van der Waals surface area contributed by atoms with Crippen molar-refractivity contribution < 1.29 is 18.7 Å². The molecule has 0 unspecified atom stereocenters. The third kappa shape index (κ3) is 5.14. The number of thiazole rings is 1. The van der Waals surface area contributed by atoms with Crippen LogP contribution in [0.4, 0.5) is 4.39 Å². The van der Waals surface area contributed by atoms with Crippen molar-refractivity contribution in [2.24, 2.45) is 4.99 Å². The highest BCUT2D eigenvalue weighted by molar-refractivity contribution is 14.1. The lowest BCUT2D eigenvalue weighted by molar-refractivity contribution is -0.139.